The van der Waals surface area contributed by atoms with Crippen molar-refractivity contribution in [3.63, 3.8) is 0 Å². The minimum Gasteiger partial charge on any atom is -0.372 e. The van der Waals surface area contributed by atoms with Gasteiger partial charge in [-0.1, -0.05) is 33.6 Å². The van der Waals surface area contributed by atoms with E-state index in [1.165, 1.54) is 25.0 Å². The summed E-state index contributed by atoms with van der Waals surface area (Å²) in [4.78, 5) is 2.53. The zero-order valence-electron chi connectivity index (χ0n) is 13.4. The zero-order valence-corrected chi connectivity index (χ0v) is 13.4. The van der Waals surface area contributed by atoms with Gasteiger partial charge in [0.2, 0.25) is 0 Å². The summed E-state index contributed by atoms with van der Waals surface area (Å²) in [5.41, 5.74) is 1.28. The summed E-state index contributed by atoms with van der Waals surface area (Å²) in [5, 5.41) is 4.26. The first-order valence-corrected chi connectivity index (χ1v) is 7.94. The van der Waals surface area contributed by atoms with E-state index < -0.39 is 0 Å². The summed E-state index contributed by atoms with van der Waals surface area (Å²) < 4.78 is 8.24. The van der Waals surface area contributed by atoms with E-state index in [-0.39, 0.29) is 0 Å². The third-order valence-corrected chi connectivity index (χ3v) is 4.20. The monoisotopic (exact) mass is 279 g/mol. The van der Waals surface area contributed by atoms with Crippen LogP contribution in [0.5, 0.6) is 0 Å². The molecule has 0 N–H and O–H groups in total. The first-order chi connectivity index (χ1) is 9.60. The van der Waals surface area contributed by atoms with Gasteiger partial charge in [0.15, 0.2) is 0 Å². The molecule has 0 aliphatic carbocycles. The van der Waals surface area contributed by atoms with Gasteiger partial charge in [-0.2, -0.15) is 5.10 Å². The topological polar surface area (TPSA) is 30.3 Å². The first kappa shape index (κ1) is 15.5. The average Bonchev–Trinajstić information content (AvgIpc) is 2.81. The van der Waals surface area contributed by atoms with Crippen molar-refractivity contribution >= 4 is 0 Å². The maximum atomic E-state index is 6.27. The second-order valence-electron chi connectivity index (χ2n) is 6.32. The van der Waals surface area contributed by atoms with E-state index in [4.69, 9.17) is 4.74 Å². The number of rotatable bonds is 6. The highest BCUT2D eigenvalue weighted by atomic mass is 16.5. The lowest BCUT2D eigenvalue weighted by molar-refractivity contribution is -0.108. The Morgan fingerprint density at radius 2 is 2.20 bits per heavy atom. The van der Waals surface area contributed by atoms with Crippen molar-refractivity contribution in [1.29, 1.82) is 0 Å². The van der Waals surface area contributed by atoms with Gasteiger partial charge in [0, 0.05) is 32.9 Å². The van der Waals surface area contributed by atoms with Crippen molar-refractivity contribution in [2.75, 3.05) is 13.1 Å². The molecule has 2 heterocycles. The van der Waals surface area contributed by atoms with Crippen LogP contribution in [0.25, 0.3) is 0 Å². The van der Waals surface area contributed by atoms with Gasteiger partial charge in [0.1, 0.15) is 0 Å². The molecule has 0 amide bonds. The summed E-state index contributed by atoms with van der Waals surface area (Å²) in [5.74, 6) is 0.577. The Labute approximate surface area is 123 Å². The molecule has 114 valence electrons. The van der Waals surface area contributed by atoms with Crippen LogP contribution in [0.1, 0.15) is 45.7 Å². The molecule has 0 bridgehead atoms. The predicted octanol–water partition coefficient (Wildman–Crippen LogP) is 2.84. The van der Waals surface area contributed by atoms with E-state index >= 15 is 0 Å². The highest BCUT2D eigenvalue weighted by molar-refractivity contribution is 5.00. The Hall–Kier alpha value is -0.870. The van der Waals surface area contributed by atoms with Crippen LogP contribution in [0.3, 0.4) is 0 Å². The van der Waals surface area contributed by atoms with Crippen LogP contribution in [0.2, 0.25) is 0 Å². The normalized spacial score (nSPS) is 24.4. The van der Waals surface area contributed by atoms with Crippen LogP contribution in [0, 0.1) is 5.92 Å². The molecule has 20 heavy (non-hydrogen) atoms. The highest BCUT2D eigenvalue weighted by Crippen LogP contribution is 2.22. The number of nitrogens with zero attached hydrogens (tertiary/aromatic N) is 3. The molecule has 2 rings (SSSR count). The zero-order chi connectivity index (χ0) is 14.5. The summed E-state index contributed by atoms with van der Waals surface area (Å²) in [6.45, 7) is 9.83. The van der Waals surface area contributed by atoms with Crippen molar-refractivity contribution in [3.8, 4) is 0 Å². The van der Waals surface area contributed by atoms with Crippen molar-refractivity contribution < 1.29 is 4.74 Å². The first-order valence-electron chi connectivity index (χ1n) is 7.94. The summed E-state index contributed by atoms with van der Waals surface area (Å²) in [6, 6.07) is 2.11. The number of hydrogen-bond donors (Lipinski definition) is 0. The van der Waals surface area contributed by atoms with Crippen molar-refractivity contribution in [1.82, 2.24) is 14.7 Å². The quantitative estimate of drug-likeness (QED) is 0.802. The lowest BCUT2D eigenvalue weighted by atomic mass is 10.0. The van der Waals surface area contributed by atoms with Crippen LogP contribution >= 0.6 is 0 Å². The molecule has 1 saturated heterocycles. The molecule has 1 fully saturated rings. The van der Waals surface area contributed by atoms with E-state index in [2.05, 4.69) is 36.8 Å². The Morgan fingerprint density at radius 3 is 2.80 bits per heavy atom. The molecule has 0 aromatic carbocycles. The minimum atomic E-state index is 0.360. The third kappa shape index (κ3) is 4.06. The lowest BCUT2D eigenvalue weighted by Crippen LogP contribution is -2.49. The van der Waals surface area contributed by atoms with Gasteiger partial charge in [-0.3, -0.25) is 9.58 Å². The molecule has 1 aromatic heterocycles. The summed E-state index contributed by atoms with van der Waals surface area (Å²) in [7, 11) is 2.02. The Morgan fingerprint density at radius 1 is 1.40 bits per heavy atom. The van der Waals surface area contributed by atoms with E-state index in [9.17, 15) is 0 Å². The largest absolute Gasteiger partial charge is 0.372 e. The molecule has 0 spiro atoms. The number of ether oxygens (including phenoxy) is 1. The molecule has 4 nitrogen and oxygen atoms in total. The fourth-order valence-corrected chi connectivity index (χ4v) is 2.82. The SMILES string of the molecule is CCCC[C@@H]1CN(Cc2ccnn2C)C[C@H](C(C)C)O1. The van der Waals surface area contributed by atoms with Gasteiger partial charge in [0.05, 0.1) is 17.9 Å². The van der Waals surface area contributed by atoms with Gasteiger partial charge in [0.25, 0.3) is 0 Å². The number of aryl methyl sites for hydroxylation is 1. The minimum absolute atomic E-state index is 0.360. The van der Waals surface area contributed by atoms with Gasteiger partial charge in [-0.25, -0.2) is 0 Å². The number of morpholine rings is 1. The Bertz CT molecular complexity index is 402. The average molecular weight is 279 g/mol. The molecular weight excluding hydrogens is 250 g/mol. The third-order valence-electron chi connectivity index (χ3n) is 4.20. The van der Waals surface area contributed by atoms with Crippen LogP contribution < -0.4 is 0 Å². The number of unbranched alkanes of at least 4 members (excludes halogenated alkanes) is 1. The van der Waals surface area contributed by atoms with E-state index in [1.54, 1.807) is 0 Å². The predicted molar refractivity (Wildman–Crippen MR) is 81.5 cm³/mol. The van der Waals surface area contributed by atoms with Crippen LogP contribution in [0.4, 0.5) is 0 Å². The summed E-state index contributed by atoms with van der Waals surface area (Å²) in [6.07, 6.45) is 6.32. The van der Waals surface area contributed by atoms with E-state index in [0.717, 1.165) is 19.6 Å². The fraction of sp³-hybridized carbons (Fsp3) is 0.812. The maximum absolute atomic E-state index is 6.27. The van der Waals surface area contributed by atoms with Crippen molar-refractivity contribution in [3.05, 3.63) is 18.0 Å². The number of hydrogen-bond acceptors (Lipinski definition) is 3. The summed E-state index contributed by atoms with van der Waals surface area (Å²) >= 11 is 0. The standard InChI is InChI=1S/C16H29N3O/c1-5-6-7-15-11-19(12-16(20-15)13(2)3)10-14-8-9-17-18(14)4/h8-9,13,15-16H,5-7,10-12H2,1-4H3/t15-,16-/m1/s1. The number of aromatic nitrogens is 2. The van der Waals surface area contributed by atoms with E-state index in [1.807, 2.05) is 17.9 Å². The molecule has 0 radical (unpaired) electrons. The van der Waals surface area contributed by atoms with Gasteiger partial charge < -0.3 is 4.74 Å². The molecule has 4 heteroatoms. The molecule has 1 aromatic rings. The van der Waals surface area contributed by atoms with Crippen LogP contribution in [-0.4, -0.2) is 40.0 Å². The Balaban J connectivity index is 1.98. The smallest absolute Gasteiger partial charge is 0.0729 e. The van der Waals surface area contributed by atoms with Gasteiger partial charge in [-0.05, 0) is 18.4 Å². The van der Waals surface area contributed by atoms with Crippen molar-refractivity contribution in [2.45, 2.75) is 58.8 Å². The van der Waals surface area contributed by atoms with E-state index in [0.29, 0.717) is 18.1 Å². The molecule has 0 saturated carbocycles. The maximum Gasteiger partial charge on any atom is 0.0729 e. The highest BCUT2D eigenvalue weighted by Gasteiger charge is 2.29. The molecule has 1 aliphatic heterocycles. The lowest BCUT2D eigenvalue weighted by Gasteiger charge is -2.40. The second kappa shape index (κ2) is 7.23. The molecule has 0 unspecified atom stereocenters. The Kier molecular flexibility index (Phi) is 5.61. The molecular formula is C16H29N3O. The molecule has 1 aliphatic rings. The van der Waals surface area contributed by atoms with Crippen LogP contribution in [-0.2, 0) is 18.3 Å². The van der Waals surface area contributed by atoms with Gasteiger partial charge >= 0.3 is 0 Å². The fourth-order valence-electron chi connectivity index (χ4n) is 2.82. The second-order valence-corrected chi connectivity index (χ2v) is 6.32. The van der Waals surface area contributed by atoms with Crippen molar-refractivity contribution in [2.24, 2.45) is 13.0 Å². The van der Waals surface area contributed by atoms with Crippen LogP contribution in [0.15, 0.2) is 12.3 Å². The molecule has 2 atom stereocenters. The van der Waals surface area contributed by atoms with Gasteiger partial charge in [-0.15, -0.1) is 0 Å².